The van der Waals surface area contributed by atoms with Gasteiger partial charge in [0, 0.05) is 12.7 Å². The highest BCUT2D eigenvalue weighted by atomic mass is 79.9. The van der Waals surface area contributed by atoms with E-state index in [1.165, 1.54) is 0 Å². The van der Waals surface area contributed by atoms with Crippen LogP contribution in [0.3, 0.4) is 0 Å². The van der Waals surface area contributed by atoms with Crippen molar-refractivity contribution in [2.45, 2.75) is 36.8 Å². The van der Waals surface area contributed by atoms with Crippen LogP contribution in [-0.4, -0.2) is 33.1 Å². The number of ether oxygens (including phenoxy) is 1. The maximum atomic E-state index is 12.0. The lowest BCUT2D eigenvalue weighted by Gasteiger charge is -2.19. The van der Waals surface area contributed by atoms with E-state index in [4.69, 9.17) is 14.3 Å². The average Bonchev–Trinajstić information content (AvgIpc) is 2.95. The summed E-state index contributed by atoms with van der Waals surface area (Å²) >= 11 is 2.92. The molecule has 3 N–H and O–H groups in total. The molecule has 1 aliphatic rings. The Kier molecular flexibility index (Phi) is 4.52. The molecule has 0 aromatic carbocycles. The summed E-state index contributed by atoms with van der Waals surface area (Å²) in [6.45, 7) is 2.51. The topological polar surface area (TPSA) is 112 Å². The number of halogens is 1. The van der Waals surface area contributed by atoms with E-state index in [1.807, 2.05) is 6.92 Å². The van der Waals surface area contributed by atoms with Crippen molar-refractivity contribution in [1.29, 1.82) is 0 Å². The minimum atomic E-state index is -3.94. The fourth-order valence-corrected chi connectivity index (χ4v) is 3.53. The lowest BCUT2D eigenvalue weighted by Crippen LogP contribution is -2.40. The Morgan fingerprint density at radius 3 is 2.80 bits per heavy atom. The molecular formula is C11H15BrN2O5S. The zero-order chi connectivity index (χ0) is 14.9. The summed E-state index contributed by atoms with van der Waals surface area (Å²) < 4.78 is 33.0. The van der Waals surface area contributed by atoms with Crippen LogP contribution in [0, 0.1) is 0 Å². The Morgan fingerprint density at radius 2 is 2.30 bits per heavy atom. The summed E-state index contributed by atoms with van der Waals surface area (Å²) in [6, 6.07) is 0.906. The third-order valence-electron chi connectivity index (χ3n) is 3.07. The standard InChI is InChI=1S/C11H15BrN2O5S/c1-6(7-3-2-4-18-7)14-11(15)8-5-9(10(12)19-8)20(13,16)17/h5-7H,2-4H2,1H3,(H,14,15)(H2,13,16,17). The predicted octanol–water partition coefficient (Wildman–Crippen LogP) is 0.987. The molecule has 1 aromatic rings. The van der Waals surface area contributed by atoms with Gasteiger partial charge in [0.05, 0.1) is 12.1 Å². The van der Waals surface area contributed by atoms with Gasteiger partial charge in [0.1, 0.15) is 4.90 Å². The van der Waals surface area contributed by atoms with Gasteiger partial charge < -0.3 is 14.5 Å². The highest BCUT2D eigenvalue weighted by Crippen LogP contribution is 2.25. The summed E-state index contributed by atoms with van der Waals surface area (Å²) in [7, 11) is -3.94. The van der Waals surface area contributed by atoms with Crippen molar-refractivity contribution in [3.8, 4) is 0 Å². The molecule has 0 bridgehead atoms. The molecule has 112 valence electrons. The number of sulfonamides is 1. The second-order valence-electron chi connectivity index (χ2n) is 4.61. The smallest absolute Gasteiger partial charge is 0.287 e. The third kappa shape index (κ3) is 3.40. The maximum absolute atomic E-state index is 12.0. The fourth-order valence-electron chi connectivity index (χ4n) is 2.03. The second kappa shape index (κ2) is 5.84. The minimum Gasteiger partial charge on any atom is -0.443 e. The molecule has 0 saturated carbocycles. The van der Waals surface area contributed by atoms with Crippen LogP contribution >= 0.6 is 15.9 Å². The molecule has 1 aromatic heterocycles. The fraction of sp³-hybridized carbons (Fsp3) is 0.545. The SMILES string of the molecule is CC(NC(=O)c1cc(S(N)(=O)=O)c(Br)o1)C1CCCO1. The first-order chi connectivity index (χ1) is 9.29. The van der Waals surface area contributed by atoms with Crippen molar-refractivity contribution in [1.82, 2.24) is 5.32 Å². The number of nitrogens with two attached hydrogens (primary N) is 1. The molecule has 0 radical (unpaired) electrons. The maximum Gasteiger partial charge on any atom is 0.287 e. The predicted molar refractivity (Wildman–Crippen MR) is 73.7 cm³/mol. The number of rotatable bonds is 4. The van der Waals surface area contributed by atoms with Gasteiger partial charge in [0.2, 0.25) is 10.0 Å². The van der Waals surface area contributed by atoms with Crippen LogP contribution in [0.25, 0.3) is 0 Å². The highest BCUT2D eigenvalue weighted by Gasteiger charge is 2.27. The van der Waals surface area contributed by atoms with Gasteiger partial charge >= 0.3 is 0 Å². The van der Waals surface area contributed by atoms with Crippen molar-refractivity contribution < 1.29 is 22.4 Å². The quantitative estimate of drug-likeness (QED) is 0.824. The molecule has 9 heteroatoms. The van der Waals surface area contributed by atoms with Crippen LogP contribution in [0.15, 0.2) is 20.0 Å². The Bertz CT molecular complexity index is 606. The number of furan rings is 1. The number of hydrogen-bond acceptors (Lipinski definition) is 5. The largest absolute Gasteiger partial charge is 0.443 e. The van der Waals surface area contributed by atoms with Crippen molar-refractivity contribution in [2.24, 2.45) is 5.14 Å². The first-order valence-electron chi connectivity index (χ1n) is 6.03. The first kappa shape index (κ1) is 15.5. The molecule has 2 atom stereocenters. The number of nitrogens with one attached hydrogen (secondary N) is 1. The number of hydrogen-bond donors (Lipinski definition) is 2. The zero-order valence-corrected chi connectivity index (χ0v) is 13.2. The van der Waals surface area contributed by atoms with Gasteiger partial charge in [0.15, 0.2) is 10.4 Å². The summed E-state index contributed by atoms with van der Waals surface area (Å²) in [5.41, 5.74) is 0. The molecule has 0 aliphatic carbocycles. The number of primary sulfonamides is 1. The van der Waals surface area contributed by atoms with Gasteiger partial charge in [-0.2, -0.15) is 0 Å². The molecule has 1 fully saturated rings. The average molecular weight is 367 g/mol. The van der Waals surface area contributed by atoms with E-state index in [1.54, 1.807) is 0 Å². The molecule has 2 unspecified atom stereocenters. The Morgan fingerprint density at radius 1 is 1.60 bits per heavy atom. The van der Waals surface area contributed by atoms with E-state index in [-0.39, 0.29) is 27.5 Å². The van der Waals surface area contributed by atoms with E-state index in [0.29, 0.717) is 6.61 Å². The van der Waals surface area contributed by atoms with Gasteiger partial charge in [-0.25, -0.2) is 13.6 Å². The first-order valence-corrected chi connectivity index (χ1v) is 8.37. The zero-order valence-electron chi connectivity index (χ0n) is 10.8. The van der Waals surface area contributed by atoms with Crippen LogP contribution in [0.4, 0.5) is 0 Å². The Labute approximate surface area is 125 Å². The van der Waals surface area contributed by atoms with Gasteiger partial charge in [-0.1, -0.05) is 0 Å². The number of amides is 1. The van der Waals surface area contributed by atoms with E-state index in [2.05, 4.69) is 21.2 Å². The van der Waals surface area contributed by atoms with Crippen molar-refractivity contribution in [2.75, 3.05) is 6.61 Å². The van der Waals surface area contributed by atoms with E-state index in [0.717, 1.165) is 18.9 Å². The lowest BCUT2D eigenvalue weighted by atomic mass is 10.1. The normalized spacial score (nSPS) is 20.9. The summed E-state index contributed by atoms with van der Waals surface area (Å²) in [6.07, 6.45) is 1.81. The van der Waals surface area contributed by atoms with Crippen LogP contribution in [-0.2, 0) is 14.8 Å². The molecule has 1 aliphatic heterocycles. The summed E-state index contributed by atoms with van der Waals surface area (Å²) in [5.74, 6) is -0.630. The molecule has 20 heavy (non-hydrogen) atoms. The van der Waals surface area contributed by atoms with Gasteiger partial charge in [-0.3, -0.25) is 4.79 Å². The minimum absolute atomic E-state index is 0.0323. The van der Waals surface area contributed by atoms with Crippen LogP contribution < -0.4 is 10.5 Å². The highest BCUT2D eigenvalue weighted by molar-refractivity contribution is 9.10. The molecule has 7 nitrogen and oxygen atoms in total. The van der Waals surface area contributed by atoms with E-state index in [9.17, 15) is 13.2 Å². The number of carbonyl (C=O) groups is 1. The van der Waals surface area contributed by atoms with E-state index >= 15 is 0 Å². The molecule has 1 amide bonds. The molecule has 2 rings (SSSR count). The van der Waals surface area contributed by atoms with Crippen LogP contribution in [0.1, 0.15) is 30.3 Å². The Balaban J connectivity index is 2.10. The van der Waals surface area contributed by atoms with Gasteiger partial charge in [-0.15, -0.1) is 0 Å². The van der Waals surface area contributed by atoms with Crippen molar-refractivity contribution >= 4 is 31.9 Å². The summed E-state index contributed by atoms with van der Waals surface area (Å²) in [5, 5.41) is 7.72. The van der Waals surface area contributed by atoms with Crippen LogP contribution in [0.2, 0.25) is 0 Å². The lowest BCUT2D eigenvalue weighted by molar-refractivity contribution is 0.0696. The third-order valence-corrected chi connectivity index (χ3v) is 4.83. The van der Waals surface area contributed by atoms with Gasteiger partial charge in [0.25, 0.3) is 5.91 Å². The molecule has 1 saturated heterocycles. The number of carbonyl (C=O) groups excluding carboxylic acids is 1. The van der Waals surface area contributed by atoms with Crippen LogP contribution in [0.5, 0.6) is 0 Å². The van der Waals surface area contributed by atoms with Crippen molar-refractivity contribution in [3.63, 3.8) is 0 Å². The van der Waals surface area contributed by atoms with Crippen molar-refractivity contribution in [3.05, 3.63) is 16.5 Å². The summed E-state index contributed by atoms with van der Waals surface area (Å²) in [4.78, 5) is 11.7. The van der Waals surface area contributed by atoms with E-state index < -0.39 is 15.9 Å². The Hall–Kier alpha value is -0.900. The monoisotopic (exact) mass is 366 g/mol. The molecule has 2 heterocycles. The second-order valence-corrected chi connectivity index (χ2v) is 6.86. The van der Waals surface area contributed by atoms with Gasteiger partial charge in [-0.05, 0) is 35.7 Å². The molecule has 0 spiro atoms. The molecular weight excluding hydrogens is 352 g/mol.